The van der Waals surface area contributed by atoms with Gasteiger partial charge in [-0.15, -0.1) is 0 Å². The monoisotopic (exact) mass is 625 g/mol. The number of nitrogens with one attached hydrogen (secondary N) is 3. The van der Waals surface area contributed by atoms with Crippen LogP contribution >= 0.6 is 0 Å². The maximum absolute atomic E-state index is 14.6. The Bertz CT molecular complexity index is 2120. The van der Waals surface area contributed by atoms with E-state index in [4.69, 9.17) is 4.74 Å². The molecule has 1 aliphatic rings. The lowest BCUT2D eigenvalue weighted by Gasteiger charge is -2.15. The van der Waals surface area contributed by atoms with Gasteiger partial charge in [0, 0.05) is 52.9 Å². The van der Waals surface area contributed by atoms with E-state index < -0.39 is 15.8 Å². The van der Waals surface area contributed by atoms with E-state index in [1.54, 1.807) is 18.5 Å². The van der Waals surface area contributed by atoms with Gasteiger partial charge in [0.2, 0.25) is 10.0 Å². The average Bonchev–Trinajstić information content (AvgIpc) is 3.79. The van der Waals surface area contributed by atoms with Crippen LogP contribution in [0.2, 0.25) is 0 Å². The molecule has 0 spiro atoms. The lowest BCUT2D eigenvalue weighted by molar-refractivity contribution is 0.237. The summed E-state index contributed by atoms with van der Waals surface area (Å²) < 4.78 is 46.2. The molecule has 5 heterocycles. The molecule has 0 bridgehead atoms. The fourth-order valence-electron chi connectivity index (χ4n) is 5.87. The number of halogens is 1. The van der Waals surface area contributed by atoms with Gasteiger partial charge in [-0.2, -0.15) is 5.10 Å². The number of hydrogen-bond donors (Lipinski definition) is 3. The van der Waals surface area contributed by atoms with Crippen LogP contribution in [0.15, 0.2) is 73.2 Å². The Morgan fingerprint density at radius 1 is 0.933 bits per heavy atom. The first-order chi connectivity index (χ1) is 21.8. The first kappa shape index (κ1) is 29.1. The summed E-state index contributed by atoms with van der Waals surface area (Å²) in [5.41, 5.74) is 6.73. The molecular weight excluding hydrogens is 593 g/mol. The average molecular weight is 626 g/mol. The largest absolute Gasteiger partial charge is 0.491 e. The summed E-state index contributed by atoms with van der Waals surface area (Å²) >= 11 is 0. The molecule has 1 saturated heterocycles. The van der Waals surface area contributed by atoms with Gasteiger partial charge in [0.05, 0.1) is 29.4 Å². The lowest BCUT2D eigenvalue weighted by Crippen LogP contribution is -2.25. The summed E-state index contributed by atoms with van der Waals surface area (Å²) in [5.74, 6) is 0.260. The molecule has 2 aromatic carbocycles. The van der Waals surface area contributed by atoms with E-state index in [-0.39, 0.29) is 6.54 Å². The molecule has 0 saturated carbocycles. The van der Waals surface area contributed by atoms with Gasteiger partial charge < -0.3 is 9.72 Å². The summed E-state index contributed by atoms with van der Waals surface area (Å²) in [6.07, 6.45) is 8.81. The lowest BCUT2D eigenvalue weighted by atomic mass is 10.0. The van der Waals surface area contributed by atoms with E-state index in [1.165, 1.54) is 25.0 Å². The van der Waals surface area contributed by atoms with Crippen molar-refractivity contribution in [2.75, 3.05) is 32.5 Å². The maximum atomic E-state index is 14.6. The summed E-state index contributed by atoms with van der Waals surface area (Å²) in [5, 5.41) is 9.46. The highest BCUT2D eigenvalue weighted by molar-refractivity contribution is 7.88. The molecule has 45 heavy (non-hydrogen) atoms. The first-order valence-electron chi connectivity index (χ1n) is 14.8. The molecule has 0 atom stereocenters. The van der Waals surface area contributed by atoms with E-state index >= 15 is 0 Å². The number of pyridine rings is 2. The van der Waals surface area contributed by atoms with Crippen LogP contribution in [0.25, 0.3) is 55.6 Å². The van der Waals surface area contributed by atoms with Gasteiger partial charge in [0.1, 0.15) is 23.9 Å². The number of H-pyrrole nitrogens is 2. The highest BCUT2D eigenvalue weighted by Gasteiger charge is 2.17. The highest BCUT2D eigenvalue weighted by atomic mass is 32.2. The Morgan fingerprint density at radius 2 is 1.78 bits per heavy atom. The van der Waals surface area contributed by atoms with E-state index in [1.807, 2.05) is 36.5 Å². The number of aromatic nitrogens is 5. The van der Waals surface area contributed by atoms with Gasteiger partial charge >= 0.3 is 0 Å². The third-order valence-electron chi connectivity index (χ3n) is 8.06. The van der Waals surface area contributed by atoms with Crippen molar-refractivity contribution < 1.29 is 17.5 Å². The van der Waals surface area contributed by atoms with E-state index in [2.05, 4.69) is 40.8 Å². The van der Waals surface area contributed by atoms with Crippen LogP contribution in [0.3, 0.4) is 0 Å². The zero-order chi connectivity index (χ0) is 31.0. The minimum atomic E-state index is -3.43. The van der Waals surface area contributed by atoms with Crippen molar-refractivity contribution in [3.63, 3.8) is 0 Å². The number of rotatable bonds is 10. The standard InChI is InChI=1S/C33H32FN7O3S/c1-45(42,43)37-18-21-12-23(14-25(34)13-21)32-28-17-31(38-29(28)6-7-36-32)33-27-16-22(4-5-30(27)39-40-33)24-15-26(20-35-19-24)44-11-10-41-8-2-3-9-41/h4-7,12-17,19-20,37-38H,2-3,8-11,18H2,1H3,(H,39,40). The van der Waals surface area contributed by atoms with Crippen LogP contribution in [0.4, 0.5) is 4.39 Å². The quantitative estimate of drug-likeness (QED) is 0.183. The van der Waals surface area contributed by atoms with Crippen LogP contribution in [-0.2, 0) is 16.6 Å². The molecule has 0 radical (unpaired) electrons. The number of sulfonamides is 1. The van der Waals surface area contributed by atoms with Crippen molar-refractivity contribution in [1.82, 2.24) is 34.8 Å². The van der Waals surface area contributed by atoms with Crippen molar-refractivity contribution in [3.05, 3.63) is 84.6 Å². The topological polar surface area (TPSA) is 129 Å². The molecule has 7 rings (SSSR count). The number of benzene rings is 2. The minimum Gasteiger partial charge on any atom is -0.491 e. The zero-order valence-corrected chi connectivity index (χ0v) is 25.5. The Kier molecular flexibility index (Phi) is 7.78. The molecule has 6 aromatic rings. The van der Waals surface area contributed by atoms with Gasteiger partial charge in [-0.1, -0.05) is 6.07 Å². The van der Waals surface area contributed by atoms with Crippen LogP contribution in [0.5, 0.6) is 5.75 Å². The Balaban J connectivity index is 1.19. The summed E-state index contributed by atoms with van der Waals surface area (Å²) in [6.45, 7) is 3.79. The van der Waals surface area contributed by atoms with Crippen LogP contribution in [0.1, 0.15) is 18.4 Å². The molecule has 10 nitrogen and oxygen atoms in total. The van der Waals surface area contributed by atoms with Gasteiger partial charge in [0.15, 0.2) is 0 Å². The third kappa shape index (κ3) is 6.44. The second-order valence-electron chi connectivity index (χ2n) is 11.4. The molecule has 4 aromatic heterocycles. The molecule has 1 fully saturated rings. The summed E-state index contributed by atoms with van der Waals surface area (Å²) in [6, 6.07) is 16.4. The molecule has 1 aliphatic heterocycles. The number of ether oxygens (including phenoxy) is 1. The first-order valence-corrected chi connectivity index (χ1v) is 16.7. The molecule has 0 unspecified atom stereocenters. The number of hydrogen-bond acceptors (Lipinski definition) is 7. The Hall–Kier alpha value is -4.65. The van der Waals surface area contributed by atoms with Crippen molar-refractivity contribution in [2.24, 2.45) is 0 Å². The molecule has 12 heteroatoms. The summed E-state index contributed by atoms with van der Waals surface area (Å²) in [4.78, 5) is 14.8. The van der Waals surface area contributed by atoms with Crippen molar-refractivity contribution in [3.8, 4) is 39.5 Å². The Labute approximate surface area is 259 Å². The van der Waals surface area contributed by atoms with Crippen molar-refractivity contribution in [2.45, 2.75) is 19.4 Å². The predicted molar refractivity (Wildman–Crippen MR) is 173 cm³/mol. The van der Waals surface area contributed by atoms with Gasteiger partial charge in [-0.3, -0.25) is 20.0 Å². The zero-order valence-electron chi connectivity index (χ0n) is 24.7. The SMILES string of the molecule is CS(=O)(=O)NCc1cc(F)cc(-c2nccc3[nH]c(-c4n[nH]c5ccc(-c6cncc(OCCN7CCCC7)c6)cc45)cc23)c1. The molecule has 0 amide bonds. The fraction of sp³-hybridized carbons (Fsp3) is 0.242. The second-order valence-corrected chi connectivity index (χ2v) is 13.2. The fourth-order valence-corrected chi connectivity index (χ4v) is 6.30. The Morgan fingerprint density at radius 3 is 2.62 bits per heavy atom. The van der Waals surface area contributed by atoms with Crippen LogP contribution in [-0.4, -0.2) is 71.0 Å². The van der Waals surface area contributed by atoms with Gasteiger partial charge in [0.25, 0.3) is 0 Å². The van der Waals surface area contributed by atoms with Crippen molar-refractivity contribution in [1.29, 1.82) is 0 Å². The number of nitrogens with zero attached hydrogens (tertiary/aromatic N) is 4. The number of aromatic amines is 2. The molecular formula is C33H32FN7O3S. The van der Waals surface area contributed by atoms with E-state index in [0.717, 1.165) is 76.0 Å². The molecule has 0 aliphatic carbocycles. The summed E-state index contributed by atoms with van der Waals surface area (Å²) in [7, 11) is -3.43. The minimum absolute atomic E-state index is 0.0251. The maximum Gasteiger partial charge on any atom is 0.209 e. The smallest absolute Gasteiger partial charge is 0.209 e. The van der Waals surface area contributed by atoms with Crippen LogP contribution < -0.4 is 9.46 Å². The number of fused-ring (bicyclic) bond motifs is 2. The molecule has 3 N–H and O–H groups in total. The van der Waals surface area contributed by atoms with Crippen molar-refractivity contribution >= 4 is 31.8 Å². The highest BCUT2D eigenvalue weighted by Crippen LogP contribution is 2.35. The molecule has 230 valence electrons. The third-order valence-corrected chi connectivity index (χ3v) is 8.73. The second kappa shape index (κ2) is 12.0. The van der Waals surface area contributed by atoms with Gasteiger partial charge in [-0.05, 0) is 85.6 Å². The van der Waals surface area contributed by atoms with Crippen LogP contribution in [0, 0.1) is 5.82 Å². The van der Waals surface area contributed by atoms with E-state index in [0.29, 0.717) is 23.4 Å². The normalized spacial score (nSPS) is 14.1. The predicted octanol–water partition coefficient (Wildman–Crippen LogP) is 5.50. The van der Waals surface area contributed by atoms with E-state index in [9.17, 15) is 12.8 Å². The van der Waals surface area contributed by atoms with Gasteiger partial charge in [-0.25, -0.2) is 17.5 Å². The number of likely N-dealkylation sites (tertiary alicyclic amines) is 1.